The standard InChI is InChI=1S/C19H25ClN6O2S/c1-19(2,28)17(27)22-11-5-3-4-10(8-11)16-25-26-18(29-16)23-14-7-6-13-12(15(14)20)9-21-24-13/h3-5,8,12-15,21,24,28H,6-7,9H2,1-2H3,(H,22,27)(H,23,26). The maximum Gasteiger partial charge on any atom is 0.255 e. The zero-order valence-corrected chi connectivity index (χ0v) is 17.8. The number of carbonyl (C=O) groups excluding carboxylic acids is 1. The summed E-state index contributed by atoms with van der Waals surface area (Å²) in [6.07, 6.45) is 2.03. The van der Waals surface area contributed by atoms with Crippen molar-refractivity contribution >= 4 is 39.7 Å². The molecule has 4 unspecified atom stereocenters. The third-order valence-electron chi connectivity index (χ3n) is 5.38. The van der Waals surface area contributed by atoms with Crippen LogP contribution in [0.1, 0.15) is 26.7 Å². The molecule has 2 heterocycles. The highest BCUT2D eigenvalue weighted by atomic mass is 35.5. The van der Waals surface area contributed by atoms with Gasteiger partial charge >= 0.3 is 0 Å². The summed E-state index contributed by atoms with van der Waals surface area (Å²) in [6.45, 7) is 3.77. The maximum atomic E-state index is 12.0. The number of nitrogens with zero attached hydrogens (tertiary/aromatic N) is 2. The number of aromatic nitrogens is 2. The van der Waals surface area contributed by atoms with Crippen LogP contribution in [0.15, 0.2) is 24.3 Å². The molecule has 1 saturated heterocycles. The molecule has 10 heteroatoms. The molecule has 4 rings (SSSR count). The Balaban J connectivity index is 1.44. The molecule has 0 radical (unpaired) electrons. The van der Waals surface area contributed by atoms with E-state index < -0.39 is 11.5 Å². The van der Waals surface area contributed by atoms with Gasteiger partial charge in [-0.05, 0) is 38.8 Å². The summed E-state index contributed by atoms with van der Waals surface area (Å²) in [7, 11) is 0. The first-order valence-electron chi connectivity index (χ1n) is 9.68. The van der Waals surface area contributed by atoms with Crippen LogP contribution in [-0.2, 0) is 4.79 Å². The fourth-order valence-electron chi connectivity index (χ4n) is 3.72. The van der Waals surface area contributed by atoms with Gasteiger partial charge in [0, 0.05) is 35.8 Å². The number of carbonyl (C=O) groups is 1. The molecular weight excluding hydrogens is 412 g/mol. The molecule has 1 aliphatic carbocycles. The summed E-state index contributed by atoms with van der Waals surface area (Å²) in [5.41, 5.74) is 6.49. The quantitative estimate of drug-likeness (QED) is 0.457. The van der Waals surface area contributed by atoms with Crippen molar-refractivity contribution in [2.75, 3.05) is 17.2 Å². The van der Waals surface area contributed by atoms with Crippen LogP contribution in [0, 0.1) is 5.92 Å². The third-order valence-corrected chi connectivity index (χ3v) is 6.91. The van der Waals surface area contributed by atoms with E-state index in [9.17, 15) is 9.90 Å². The lowest BCUT2D eigenvalue weighted by Gasteiger charge is -2.35. The normalized spacial score (nSPS) is 26.8. The van der Waals surface area contributed by atoms with E-state index in [0.717, 1.165) is 35.1 Å². The molecule has 2 aromatic rings. The lowest BCUT2D eigenvalue weighted by Crippen LogP contribution is -2.47. The minimum atomic E-state index is -1.45. The summed E-state index contributed by atoms with van der Waals surface area (Å²) in [5.74, 6) is -0.0692. The van der Waals surface area contributed by atoms with E-state index in [1.165, 1.54) is 25.2 Å². The van der Waals surface area contributed by atoms with Gasteiger partial charge in [-0.2, -0.15) is 0 Å². The first-order chi connectivity index (χ1) is 13.8. The van der Waals surface area contributed by atoms with Gasteiger partial charge in [-0.15, -0.1) is 21.8 Å². The number of halogens is 1. The summed E-state index contributed by atoms with van der Waals surface area (Å²) in [5, 5.41) is 26.0. The zero-order valence-electron chi connectivity index (χ0n) is 16.3. The summed E-state index contributed by atoms with van der Waals surface area (Å²) < 4.78 is 0. The predicted octanol–water partition coefficient (Wildman–Crippen LogP) is 2.19. The number of alkyl halides is 1. The van der Waals surface area contributed by atoms with E-state index in [-0.39, 0.29) is 11.4 Å². The van der Waals surface area contributed by atoms with Gasteiger partial charge in [-0.3, -0.25) is 15.6 Å². The smallest absolute Gasteiger partial charge is 0.255 e. The van der Waals surface area contributed by atoms with Crippen LogP contribution in [0.2, 0.25) is 0 Å². The molecule has 2 aliphatic rings. The Kier molecular flexibility index (Phi) is 5.76. The molecule has 1 aliphatic heterocycles. The summed E-state index contributed by atoms with van der Waals surface area (Å²) in [6, 6.07) is 7.92. The van der Waals surface area contributed by atoms with Crippen molar-refractivity contribution in [1.82, 2.24) is 21.0 Å². The van der Waals surface area contributed by atoms with Gasteiger partial charge in [-0.1, -0.05) is 23.5 Å². The molecule has 4 atom stereocenters. The Bertz CT molecular complexity index is 886. The van der Waals surface area contributed by atoms with Crippen LogP contribution in [0.3, 0.4) is 0 Å². The predicted molar refractivity (Wildman–Crippen MR) is 115 cm³/mol. The molecule has 0 spiro atoms. The van der Waals surface area contributed by atoms with E-state index in [0.29, 0.717) is 17.6 Å². The number of benzene rings is 1. The largest absolute Gasteiger partial charge is 0.381 e. The van der Waals surface area contributed by atoms with Crippen LogP contribution in [-0.4, -0.2) is 50.8 Å². The lowest BCUT2D eigenvalue weighted by atomic mass is 9.82. The number of aliphatic hydroxyl groups is 1. The fraction of sp³-hybridized carbons (Fsp3) is 0.526. The second kappa shape index (κ2) is 8.16. The average Bonchev–Trinajstić information content (AvgIpc) is 3.33. The van der Waals surface area contributed by atoms with Crippen molar-refractivity contribution in [1.29, 1.82) is 0 Å². The van der Waals surface area contributed by atoms with Gasteiger partial charge in [0.05, 0.1) is 5.38 Å². The van der Waals surface area contributed by atoms with Crippen molar-refractivity contribution in [3.05, 3.63) is 24.3 Å². The van der Waals surface area contributed by atoms with Crippen LogP contribution < -0.4 is 21.5 Å². The Labute approximate surface area is 178 Å². The Hall–Kier alpha value is -1.78. The van der Waals surface area contributed by atoms with Crippen molar-refractivity contribution < 1.29 is 9.90 Å². The minimum absolute atomic E-state index is 0.0176. The molecule has 1 amide bonds. The average molecular weight is 437 g/mol. The van der Waals surface area contributed by atoms with E-state index in [4.69, 9.17) is 11.6 Å². The molecule has 29 heavy (non-hydrogen) atoms. The molecule has 1 saturated carbocycles. The topological polar surface area (TPSA) is 111 Å². The molecule has 156 valence electrons. The first kappa shape index (κ1) is 20.5. The number of anilines is 2. The minimum Gasteiger partial charge on any atom is -0.381 e. The van der Waals surface area contributed by atoms with E-state index in [1.54, 1.807) is 6.07 Å². The molecule has 2 fully saturated rings. The van der Waals surface area contributed by atoms with Gasteiger partial charge in [0.1, 0.15) is 10.6 Å². The lowest BCUT2D eigenvalue weighted by molar-refractivity contribution is -0.130. The number of hydrazine groups is 1. The van der Waals surface area contributed by atoms with Crippen molar-refractivity contribution in [3.63, 3.8) is 0 Å². The zero-order chi connectivity index (χ0) is 20.6. The summed E-state index contributed by atoms with van der Waals surface area (Å²) in [4.78, 5) is 12.0. The molecular formula is C19H25ClN6O2S. The van der Waals surface area contributed by atoms with Gasteiger partial charge in [0.15, 0.2) is 0 Å². The van der Waals surface area contributed by atoms with Crippen molar-refractivity contribution in [2.45, 2.75) is 49.8 Å². The van der Waals surface area contributed by atoms with Crippen LogP contribution >= 0.6 is 22.9 Å². The van der Waals surface area contributed by atoms with Crippen LogP contribution in [0.25, 0.3) is 10.6 Å². The molecule has 5 N–H and O–H groups in total. The molecule has 1 aromatic carbocycles. The van der Waals surface area contributed by atoms with Gasteiger partial charge < -0.3 is 15.7 Å². The van der Waals surface area contributed by atoms with E-state index in [1.807, 2.05) is 18.2 Å². The number of amides is 1. The van der Waals surface area contributed by atoms with Gasteiger partial charge in [0.2, 0.25) is 5.13 Å². The van der Waals surface area contributed by atoms with Crippen LogP contribution in [0.5, 0.6) is 0 Å². The fourth-order valence-corrected chi connectivity index (χ4v) is 4.97. The number of nitrogens with one attached hydrogen (secondary N) is 4. The Morgan fingerprint density at radius 3 is 2.97 bits per heavy atom. The second-order valence-electron chi connectivity index (χ2n) is 8.07. The maximum absolute atomic E-state index is 12.0. The molecule has 1 aromatic heterocycles. The Morgan fingerprint density at radius 2 is 2.17 bits per heavy atom. The first-order valence-corrected chi connectivity index (χ1v) is 10.9. The van der Waals surface area contributed by atoms with E-state index in [2.05, 4.69) is 31.7 Å². The Morgan fingerprint density at radius 1 is 1.34 bits per heavy atom. The SMILES string of the molecule is CC(C)(O)C(=O)Nc1cccc(-c2nnc(NC3CCC4NNCC4C3Cl)s2)c1. The third kappa shape index (κ3) is 4.54. The summed E-state index contributed by atoms with van der Waals surface area (Å²) >= 11 is 8.17. The highest BCUT2D eigenvalue weighted by molar-refractivity contribution is 7.18. The monoisotopic (exact) mass is 436 g/mol. The van der Waals surface area contributed by atoms with E-state index >= 15 is 0 Å². The highest BCUT2D eigenvalue weighted by Gasteiger charge is 2.41. The van der Waals surface area contributed by atoms with Crippen LogP contribution in [0.4, 0.5) is 10.8 Å². The van der Waals surface area contributed by atoms with Gasteiger partial charge in [0.25, 0.3) is 5.91 Å². The van der Waals surface area contributed by atoms with Crippen molar-refractivity contribution in [3.8, 4) is 10.6 Å². The highest BCUT2D eigenvalue weighted by Crippen LogP contribution is 2.35. The number of fused-ring (bicyclic) bond motifs is 1. The number of hydrogen-bond acceptors (Lipinski definition) is 8. The van der Waals surface area contributed by atoms with Gasteiger partial charge in [-0.25, -0.2) is 0 Å². The second-order valence-corrected chi connectivity index (χ2v) is 9.56. The number of hydrogen-bond donors (Lipinski definition) is 5. The number of rotatable bonds is 5. The molecule has 8 nitrogen and oxygen atoms in total. The molecule has 0 bridgehead atoms. The van der Waals surface area contributed by atoms with Crippen molar-refractivity contribution in [2.24, 2.45) is 5.92 Å².